The number of nitrogens with zero attached hydrogens (tertiary/aromatic N) is 5. The number of hydrogen-bond donors (Lipinski definition) is 1. The third kappa shape index (κ3) is 6.92. The van der Waals surface area contributed by atoms with Crippen molar-refractivity contribution in [2.75, 3.05) is 13.7 Å². The van der Waals surface area contributed by atoms with Crippen LogP contribution in [0.5, 0.6) is 17.5 Å². The van der Waals surface area contributed by atoms with E-state index in [1.807, 2.05) is 6.07 Å². The standard InChI is InChI=1S/C22H17BrClFN6O4/c1-12-19(23)16(10-33-2)15(7-26)20(29-12)34-11-18(32)31-28-8-13-4-3-5-14(6-13)35-21-17(25)9-27-22(24)30-21/h3-6,8-9H,10-11H2,1-2H3,(H,31,32)/b28-8-. The molecule has 3 rings (SSSR count). The zero-order chi connectivity index (χ0) is 25.4. The number of halogens is 3. The summed E-state index contributed by atoms with van der Waals surface area (Å²) in [5.41, 5.74) is 4.18. The molecule has 0 unspecified atom stereocenters. The smallest absolute Gasteiger partial charge is 0.278 e. The Kier molecular flexibility index (Phi) is 9.02. The molecule has 0 bridgehead atoms. The molecule has 35 heavy (non-hydrogen) atoms. The van der Waals surface area contributed by atoms with Gasteiger partial charge >= 0.3 is 0 Å². The minimum Gasteiger partial charge on any atom is -0.467 e. The van der Waals surface area contributed by atoms with Gasteiger partial charge in [0.2, 0.25) is 17.0 Å². The fourth-order valence-electron chi connectivity index (χ4n) is 2.73. The highest BCUT2D eigenvalue weighted by atomic mass is 79.9. The minimum atomic E-state index is -0.773. The van der Waals surface area contributed by atoms with Crippen molar-refractivity contribution in [1.29, 1.82) is 5.26 Å². The number of nitriles is 1. The van der Waals surface area contributed by atoms with Crippen LogP contribution in [0.15, 0.2) is 40.0 Å². The Morgan fingerprint density at radius 1 is 1.37 bits per heavy atom. The molecule has 1 N–H and O–H groups in total. The van der Waals surface area contributed by atoms with Crippen LogP contribution in [-0.4, -0.2) is 40.8 Å². The van der Waals surface area contributed by atoms with Crippen LogP contribution >= 0.6 is 27.5 Å². The molecule has 180 valence electrons. The molecule has 0 spiro atoms. The lowest BCUT2D eigenvalue weighted by atomic mass is 10.1. The van der Waals surface area contributed by atoms with Crippen LogP contribution < -0.4 is 14.9 Å². The van der Waals surface area contributed by atoms with Gasteiger partial charge in [-0.1, -0.05) is 12.1 Å². The van der Waals surface area contributed by atoms with Crippen molar-refractivity contribution >= 4 is 39.7 Å². The van der Waals surface area contributed by atoms with Gasteiger partial charge in [0, 0.05) is 17.1 Å². The van der Waals surface area contributed by atoms with Crippen LogP contribution in [0, 0.1) is 24.1 Å². The van der Waals surface area contributed by atoms with Crippen molar-refractivity contribution in [2.24, 2.45) is 5.10 Å². The molecule has 0 aliphatic rings. The summed E-state index contributed by atoms with van der Waals surface area (Å²) in [6.45, 7) is 1.47. The number of carbonyl (C=O) groups excluding carboxylic acids is 1. The van der Waals surface area contributed by atoms with Crippen LogP contribution in [0.1, 0.15) is 22.4 Å². The molecular formula is C22H17BrClFN6O4. The summed E-state index contributed by atoms with van der Waals surface area (Å²) in [4.78, 5) is 23.6. The second-order valence-electron chi connectivity index (χ2n) is 6.76. The van der Waals surface area contributed by atoms with Gasteiger partial charge in [-0.3, -0.25) is 4.79 Å². The Hall–Kier alpha value is -3.66. The third-order valence-corrected chi connectivity index (χ3v) is 5.50. The molecular weight excluding hydrogens is 547 g/mol. The summed E-state index contributed by atoms with van der Waals surface area (Å²) in [6, 6.07) is 8.49. The number of ether oxygens (including phenoxy) is 3. The van der Waals surface area contributed by atoms with Gasteiger partial charge < -0.3 is 14.2 Å². The van der Waals surface area contributed by atoms with Crippen molar-refractivity contribution in [3.05, 3.63) is 68.4 Å². The molecule has 1 amide bonds. The van der Waals surface area contributed by atoms with Crippen LogP contribution in [0.4, 0.5) is 4.39 Å². The molecule has 0 atom stereocenters. The van der Waals surface area contributed by atoms with E-state index in [1.165, 1.54) is 13.3 Å². The zero-order valence-corrected chi connectivity index (χ0v) is 20.7. The van der Waals surface area contributed by atoms with E-state index in [2.05, 4.69) is 41.4 Å². The van der Waals surface area contributed by atoms with Crippen molar-refractivity contribution in [3.8, 4) is 23.6 Å². The highest BCUT2D eigenvalue weighted by molar-refractivity contribution is 9.10. The summed E-state index contributed by atoms with van der Waals surface area (Å²) in [5.74, 6) is -1.39. The fourth-order valence-corrected chi connectivity index (χ4v) is 3.26. The van der Waals surface area contributed by atoms with Gasteiger partial charge in [0.05, 0.1) is 24.7 Å². The van der Waals surface area contributed by atoms with Crippen molar-refractivity contribution in [2.45, 2.75) is 13.5 Å². The van der Waals surface area contributed by atoms with E-state index in [4.69, 9.17) is 25.8 Å². The highest BCUT2D eigenvalue weighted by Gasteiger charge is 2.18. The van der Waals surface area contributed by atoms with Crippen LogP contribution in [0.25, 0.3) is 0 Å². The van der Waals surface area contributed by atoms with E-state index < -0.39 is 18.3 Å². The SMILES string of the molecule is COCc1c(Br)c(C)nc(OCC(=O)N/N=C\c2cccc(Oc3nc(Cl)ncc3F)c2)c1C#N. The number of hydrogen-bond acceptors (Lipinski definition) is 9. The Bertz CT molecular complexity index is 1320. The summed E-state index contributed by atoms with van der Waals surface area (Å²) >= 11 is 9.05. The fraction of sp³-hybridized carbons (Fsp3) is 0.182. The largest absolute Gasteiger partial charge is 0.467 e. The van der Waals surface area contributed by atoms with Gasteiger partial charge in [0.25, 0.3) is 11.8 Å². The molecule has 0 saturated heterocycles. The maximum Gasteiger partial charge on any atom is 0.278 e. The summed E-state index contributed by atoms with van der Waals surface area (Å²) in [6.07, 6.45) is 2.25. The average molecular weight is 564 g/mol. The Labute approximate surface area is 212 Å². The molecule has 0 aliphatic heterocycles. The lowest BCUT2D eigenvalue weighted by Gasteiger charge is -2.13. The quantitative estimate of drug-likeness (QED) is 0.234. The zero-order valence-electron chi connectivity index (χ0n) is 18.4. The number of methoxy groups -OCH3 is 1. The second-order valence-corrected chi connectivity index (χ2v) is 7.89. The number of pyridine rings is 1. The van der Waals surface area contributed by atoms with E-state index in [0.717, 1.165) is 6.20 Å². The first-order valence-corrected chi connectivity index (χ1v) is 11.0. The van der Waals surface area contributed by atoms with Crippen LogP contribution in [0.3, 0.4) is 0 Å². The Morgan fingerprint density at radius 3 is 2.91 bits per heavy atom. The number of aromatic nitrogens is 3. The predicted octanol–water partition coefficient (Wildman–Crippen LogP) is 4.07. The number of aryl methyl sites for hydroxylation is 1. The monoisotopic (exact) mass is 562 g/mol. The van der Waals surface area contributed by atoms with Gasteiger partial charge in [0.1, 0.15) is 17.4 Å². The molecule has 1 aromatic carbocycles. The number of rotatable bonds is 9. The van der Waals surface area contributed by atoms with Gasteiger partial charge in [0.15, 0.2) is 6.61 Å². The molecule has 2 heterocycles. The molecule has 0 radical (unpaired) electrons. The number of hydrazone groups is 1. The van der Waals surface area contributed by atoms with Crippen molar-refractivity contribution < 1.29 is 23.4 Å². The van der Waals surface area contributed by atoms with E-state index in [1.54, 1.807) is 31.2 Å². The van der Waals surface area contributed by atoms with Crippen LogP contribution in [-0.2, 0) is 16.1 Å². The van der Waals surface area contributed by atoms with Gasteiger partial charge in [-0.15, -0.1) is 0 Å². The molecule has 2 aromatic heterocycles. The first-order valence-electron chi connectivity index (χ1n) is 9.81. The molecule has 13 heteroatoms. The highest BCUT2D eigenvalue weighted by Crippen LogP contribution is 2.30. The predicted molar refractivity (Wildman–Crippen MR) is 127 cm³/mol. The average Bonchev–Trinajstić information content (AvgIpc) is 2.83. The molecule has 0 saturated carbocycles. The van der Waals surface area contributed by atoms with Crippen molar-refractivity contribution in [3.63, 3.8) is 0 Å². The lowest BCUT2D eigenvalue weighted by Crippen LogP contribution is -2.25. The molecule has 0 aliphatic carbocycles. The summed E-state index contributed by atoms with van der Waals surface area (Å²) in [5, 5.41) is 13.2. The maximum atomic E-state index is 13.8. The van der Waals surface area contributed by atoms with E-state index >= 15 is 0 Å². The topological polar surface area (TPSA) is 132 Å². The molecule has 3 aromatic rings. The number of benzene rings is 1. The molecule has 10 nitrogen and oxygen atoms in total. The normalized spacial score (nSPS) is 10.7. The number of nitrogens with one attached hydrogen (secondary N) is 1. The summed E-state index contributed by atoms with van der Waals surface area (Å²) < 4.78 is 30.4. The Morgan fingerprint density at radius 2 is 2.17 bits per heavy atom. The summed E-state index contributed by atoms with van der Waals surface area (Å²) in [7, 11) is 1.50. The maximum absolute atomic E-state index is 13.8. The van der Waals surface area contributed by atoms with Crippen LogP contribution in [0.2, 0.25) is 5.28 Å². The molecule has 0 fully saturated rings. The van der Waals surface area contributed by atoms with E-state index in [-0.39, 0.29) is 35.0 Å². The number of amides is 1. The van der Waals surface area contributed by atoms with Gasteiger partial charge in [-0.25, -0.2) is 15.4 Å². The van der Waals surface area contributed by atoms with Gasteiger partial charge in [-0.05, 0) is 52.2 Å². The van der Waals surface area contributed by atoms with E-state index in [0.29, 0.717) is 21.3 Å². The first-order chi connectivity index (χ1) is 16.8. The van der Waals surface area contributed by atoms with Crippen molar-refractivity contribution in [1.82, 2.24) is 20.4 Å². The van der Waals surface area contributed by atoms with E-state index in [9.17, 15) is 14.4 Å². The Balaban J connectivity index is 1.61. The van der Waals surface area contributed by atoms with Gasteiger partial charge in [-0.2, -0.15) is 19.7 Å². The lowest BCUT2D eigenvalue weighted by molar-refractivity contribution is -0.123. The number of carbonyl (C=O) groups is 1. The second kappa shape index (κ2) is 12.2. The first kappa shape index (κ1) is 26.0. The third-order valence-electron chi connectivity index (χ3n) is 4.27. The minimum absolute atomic E-state index is 0.0151.